The highest BCUT2D eigenvalue weighted by Crippen LogP contribution is 2.15. The summed E-state index contributed by atoms with van der Waals surface area (Å²) in [6, 6.07) is 17.0. The van der Waals surface area contributed by atoms with E-state index in [2.05, 4.69) is 20.4 Å². The molecule has 1 amide bonds. The first-order valence-electron chi connectivity index (χ1n) is 9.05. The number of rotatable bonds is 7. The molecule has 0 aliphatic rings. The molecule has 0 saturated carbocycles. The van der Waals surface area contributed by atoms with Gasteiger partial charge in [-0.1, -0.05) is 35.5 Å². The molecule has 4 aromatic rings. The van der Waals surface area contributed by atoms with Crippen molar-refractivity contribution in [3.63, 3.8) is 0 Å². The summed E-state index contributed by atoms with van der Waals surface area (Å²) in [7, 11) is 0. The first-order valence-corrected chi connectivity index (χ1v) is 9.05. The Morgan fingerprint density at radius 2 is 2.04 bits per heavy atom. The van der Waals surface area contributed by atoms with E-state index in [9.17, 15) is 4.79 Å². The standard InChI is InChI=1S/C21H20N4O3/c1-14-6-5-9-17-20(14)24-19(23-17)10-11-22-21(26)18-12-16(28-25-18)13-27-15-7-3-2-4-8-15/h2-9,12H,10-11,13H2,1H3,(H,22,26)(H,23,24). The van der Waals surface area contributed by atoms with Gasteiger partial charge >= 0.3 is 0 Å². The van der Waals surface area contributed by atoms with Crippen molar-refractivity contribution in [3.05, 3.63) is 77.4 Å². The smallest absolute Gasteiger partial charge is 0.273 e. The van der Waals surface area contributed by atoms with Crippen molar-refractivity contribution >= 4 is 16.9 Å². The lowest BCUT2D eigenvalue weighted by molar-refractivity contribution is 0.0944. The minimum Gasteiger partial charge on any atom is -0.486 e. The van der Waals surface area contributed by atoms with Crippen LogP contribution >= 0.6 is 0 Å². The van der Waals surface area contributed by atoms with E-state index in [1.807, 2.05) is 55.5 Å². The Morgan fingerprint density at radius 1 is 1.18 bits per heavy atom. The number of fused-ring (bicyclic) bond motifs is 1. The molecule has 0 spiro atoms. The molecule has 0 bridgehead atoms. The van der Waals surface area contributed by atoms with Gasteiger partial charge in [0.2, 0.25) is 0 Å². The molecule has 0 fully saturated rings. The van der Waals surface area contributed by atoms with Gasteiger partial charge < -0.3 is 19.6 Å². The number of nitrogens with one attached hydrogen (secondary N) is 2. The molecule has 2 aromatic carbocycles. The molecular formula is C21H20N4O3. The molecule has 2 N–H and O–H groups in total. The van der Waals surface area contributed by atoms with E-state index in [-0.39, 0.29) is 18.2 Å². The fourth-order valence-corrected chi connectivity index (χ4v) is 2.89. The Labute approximate surface area is 161 Å². The number of aryl methyl sites for hydroxylation is 1. The van der Waals surface area contributed by atoms with Crippen molar-refractivity contribution in [1.29, 1.82) is 0 Å². The fraction of sp³-hybridized carbons (Fsp3) is 0.190. The maximum absolute atomic E-state index is 12.2. The maximum Gasteiger partial charge on any atom is 0.273 e. The van der Waals surface area contributed by atoms with Gasteiger partial charge in [0.15, 0.2) is 11.5 Å². The number of nitrogens with zero attached hydrogens (tertiary/aromatic N) is 2. The number of carbonyl (C=O) groups excluding carboxylic acids is 1. The van der Waals surface area contributed by atoms with E-state index in [1.54, 1.807) is 6.07 Å². The molecule has 142 valence electrons. The van der Waals surface area contributed by atoms with Gasteiger partial charge in [0.05, 0.1) is 11.0 Å². The minimum atomic E-state index is -0.290. The van der Waals surface area contributed by atoms with Crippen LogP contribution in [0.5, 0.6) is 5.75 Å². The Hall–Kier alpha value is -3.61. The Bertz CT molecular complexity index is 1090. The second-order valence-electron chi connectivity index (χ2n) is 6.44. The van der Waals surface area contributed by atoms with Crippen molar-refractivity contribution in [2.45, 2.75) is 20.0 Å². The molecule has 0 aliphatic carbocycles. The van der Waals surface area contributed by atoms with Crippen LogP contribution in [0.3, 0.4) is 0 Å². The van der Waals surface area contributed by atoms with Gasteiger partial charge in [-0.2, -0.15) is 0 Å². The quantitative estimate of drug-likeness (QED) is 0.516. The third-order valence-corrected chi connectivity index (χ3v) is 4.33. The van der Waals surface area contributed by atoms with E-state index < -0.39 is 0 Å². The summed E-state index contributed by atoms with van der Waals surface area (Å²) < 4.78 is 10.8. The summed E-state index contributed by atoms with van der Waals surface area (Å²) in [4.78, 5) is 20.1. The topological polar surface area (TPSA) is 93.0 Å². The molecule has 7 heteroatoms. The van der Waals surface area contributed by atoms with Crippen LogP contribution in [-0.4, -0.2) is 27.6 Å². The summed E-state index contributed by atoms with van der Waals surface area (Å²) >= 11 is 0. The molecule has 7 nitrogen and oxygen atoms in total. The lowest BCUT2D eigenvalue weighted by Gasteiger charge is -2.02. The number of aromatic amines is 1. The average molecular weight is 376 g/mol. The number of hydrogen-bond acceptors (Lipinski definition) is 5. The van der Waals surface area contributed by atoms with Crippen molar-refractivity contribution in [2.75, 3.05) is 6.54 Å². The lowest BCUT2D eigenvalue weighted by atomic mass is 10.2. The van der Waals surface area contributed by atoms with Crippen molar-refractivity contribution in [3.8, 4) is 5.75 Å². The van der Waals surface area contributed by atoms with Crippen LogP contribution in [-0.2, 0) is 13.0 Å². The molecule has 0 radical (unpaired) electrons. The molecule has 28 heavy (non-hydrogen) atoms. The molecule has 2 aromatic heterocycles. The largest absolute Gasteiger partial charge is 0.486 e. The van der Waals surface area contributed by atoms with Gasteiger partial charge in [0.25, 0.3) is 5.91 Å². The number of aromatic nitrogens is 3. The number of benzene rings is 2. The van der Waals surface area contributed by atoms with Gasteiger partial charge in [0.1, 0.15) is 18.2 Å². The number of amides is 1. The van der Waals surface area contributed by atoms with Crippen LogP contribution in [0.15, 0.2) is 59.1 Å². The van der Waals surface area contributed by atoms with Crippen molar-refractivity contribution < 1.29 is 14.1 Å². The van der Waals surface area contributed by atoms with Crippen LogP contribution < -0.4 is 10.1 Å². The molecule has 4 rings (SSSR count). The first kappa shape index (κ1) is 17.8. The molecule has 0 atom stereocenters. The third kappa shape index (κ3) is 4.03. The van der Waals surface area contributed by atoms with Crippen LogP contribution in [0, 0.1) is 6.92 Å². The maximum atomic E-state index is 12.2. The predicted molar refractivity (Wildman–Crippen MR) is 104 cm³/mol. The van der Waals surface area contributed by atoms with Gasteiger partial charge in [-0.15, -0.1) is 0 Å². The SMILES string of the molecule is Cc1cccc2[nH]c(CCNC(=O)c3cc(COc4ccccc4)on3)nc12. The number of para-hydroxylation sites is 2. The second-order valence-corrected chi connectivity index (χ2v) is 6.44. The molecule has 0 aliphatic heterocycles. The van der Waals surface area contributed by atoms with Crippen molar-refractivity contribution in [2.24, 2.45) is 0 Å². The van der Waals surface area contributed by atoms with E-state index in [0.29, 0.717) is 18.7 Å². The Balaban J connectivity index is 1.29. The number of hydrogen-bond donors (Lipinski definition) is 2. The number of H-pyrrole nitrogens is 1. The highest BCUT2D eigenvalue weighted by Gasteiger charge is 2.13. The summed E-state index contributed by atoms with van der Waals surface area (Å²) in [5.41, 5.74) is 3.31. The summed E-state index contributed by atoms with van der Waals surface area (Å²) in [5.74, 6) is 1.76. The number of ether oxygens (including phenoxy) is 1. The monoisotopic (exact) mass is 376 g/mol. The van der Waals surface area contributed by atoms with Gasteiger partial charge in [-0.05, 0) is 30.7 Å². The van der Waals surface area contributed by atoms with Crippen LogP contribution in [0.1, 0.15) is 27.6 Å². The summed E-state index contributed by atoms with van der Waals surface area (Å²) in [6.07, 6.45) is 0.599. The minimum absolute atomic E-state index is 0.211. The van der Waals surface area contributed by atoms with Crippen LogP contribution in [0.25, 0.3) is 11.0 Å². The second kappa shape index (κ2) is 7.96. The first-order chi connectivity index (χ1) is 13.7. The van der Waals surface area contributed by atoms with Crippen LogP contribution in [0.4, 0.5) is 0 Å². The van der Waals surface area contributed by atoms with Gasteiger partial charge in [-0.3, -0.25) is 4.79 Å². The Kier molecular flexibility index (Phi) is 5.05. The Morgan fingerprint density at radius 3 is 2.86 bits per heavy atom. The number of carbonyl (C=O) groups is 1. The van der Waals surface area contributed by atoms with Crippen LogP contribution in [0.2, 0.25) is 0 Å². The average Bonchev–Trinajstić information content (AvgIpc) is 3.35. The highest BCUT2D eigenvalue weighted by atomic mass is 16.5. The molecular weight excluding hydrogens is 356 g/mol. The zero-order valence-electron chi connectivity index (χ0n) is 15.4. The lowest BCUT2D eigenvalue weighted by Crippen LogP contribution is -2.26. The van der Waals surface area contributed by atoms with Crippen molar-refractivity contribution in [1.82, 2.24) is 20.4 Å². The van der Waals surface area contributed by atoms with E-state index in [0.717, 1.165) is 28.2 Å². The predicted octanol–water partition coefficient (Wildman–Crippen LogP) is 3.41. The summed E-state index contributed by atoms with van der Waals surface area (Å²) in [5, 5.41) is 6.64. The van der Waals surface area contributed by atoms with Gasteiger partial charge in [-0.25, -0.2) is 4.98 Å². The zero-order valence-corrected chi connectivity index (χ0v) is 15.4. The summed E-state index contributed by atoms with van der Waals surface area (Å²) in [6.45, 7) is 2.68. The fourth-order valence-electron chi connectivity index (χ4n) is 2.89. The van der Waals surface area contributed by atoms with E-state index in [4.69, 9.17) is 9.26 Å². The third-order valence-electron chi connectivity index (χ3n) is 4.33. The zero-order chi connectivity index (χ0) is 19.3. The normalized spacial score (nSPS) is 10.9. The van der Waals surface area contributed by atoms with E-state index >= 15 is 0 Å². The molecule has 0 saturated heterocycles. The van der Waals surface area contributed by atoms with Gasteiger partial charge in [0, 0.05) is 19.0 Å². The molecule has 2 heterocycles. The molecule has 0 unspecified atom stereocenters. The number of imidazole rings is 1. The van der Waals surface area contributed by atoms with E-state index in [1.165, 1.54) is 0 Å². The highest BCUT2D eigenvalue weighted by molar-refractivity contribution is 5.92.